The summed E-state index contributed by atoms with van der Waals surface area (Å²) in [6.07, 6.45) is -4.03. The number of halogens is 3. The van der Waals surface area contributed by atoms with Crippen LogP contribution in [0.4, 0.5) is 19.0 Å². The van der Waals surface area contributed by atoms with Gasteiger partial charge in [-0.2, -0.15) is 18.2 Å². The molecule has 21 heavy (non-hydrogen) atoms. The molecule has 0 aliphatic heterocycles. The molecule has 0 aromatic carbocycles. The quantitative estimate of drug-likeness (QED) is 0.795. The van der Waals surface area contributed by atoms with Crippen LogP contribution in [0.1, 0.15) is 32.8 Å². The first-order valence-electron chi connectivity index (χ1n) is 6.94. The lowest BCUT2D eigenvalue weighted by Gasteiger charge is -2.16. The molecule has 0 aliphatic carbocycles. The number of aromatic nitrogens is 1. The topological polar surface area (TPSA) is 43.4 Å². The van der Waals surface area contributed by atoms with Gasteiger partial charge >= 0.3 is 6.18 Å². The molecule has 4 nitrogen and oxygen atoms in total. The maximum absolute atomic E-state index is 12.9. The van der Waals surface area contributed by atoms with E-state index in [0.717, 1.165) is 18.6 Å². The molecule has 0 aliphatic rings. The Bertz CT molecular complexity index is 439. The molecule has 0 bridgehead atoms. The van der Waals surface area contributed by atoms with E-state index in [2.05, 4.69) is 10.3 Å². The summed E-state index contributed by atoms with van der Waals surface area (Å²) in [6.45, 7) is 6.84. The molecule has 1 aromatic heterocycles. The summed E-state index contributed by atoms with van der Waals surface area (Å²) < 4.78 is 49.2. The zero-order valence-corrected chi connectivity index (χ0v) is 12.5. The van der Waals surface area contributed by atoms with E-state index >= 15 is 0 Å². The number of nitrogens with zero attached hydrogens (tertiary/aromatic N) is 1. The molecule has 0 saturated heterocycles. The molecule has 1 rings (SSSR count). The summed E-state index contributed by atoms with van der Waals surface area (Å²) in [5, 5.41) is 2.84. The Morgan fingerprint density at radius 1 is 1.29 bits per heavy atom. The molecule has 120 valence electrons. The molecule has 1 aromatic rings. The standard InChI is InChI=1S/C14H21F3N2O2/c1-4-6-18-12-7-11(14(15,16)17)8-13(19-12)21-10(3)9-20-5-2/h7-8,10H,4-6,9H2,1-3H3,(H,18,19). The molecular formula is C14H21F3N2O2. The van der Waals surface area contributed by atoms with Gasteiger partial charge in [0.2, 0.25) is 5.88 Å². The normalized spacial score (nSPS) is 13.0. The van der Waals surface area contributed by atoms with Gasteiger partial charge in [-0.3, -0.25) is 0 Å². The third-order valence-electron chi connectivity index (χ3n) is 2.56. The van der Waals surface area contributed by atoms with Crippen molar-refractivity contribution < 1.29 is 22.6 Å². The van der Waals surface area contributed by atoms with Crippen molar-refractivity contribution in [1.82, 2.24) is 4.98 Å². The Morgan fingerprint density at radius 2 is 2.00 bits per heavy atom. The molecule has 0 amide bonds. The minimum Gasteiger partial charge on any atom is -0.472 e. The number of ether oxygens (including phenoxy) is 2. The van der Waals surface area contributed by atoms with E-state index in [9.17, 15) is 13.2 Å². The van der Waals surface area contributed by atoms with Gasteiger partial charge < -0.3 is 14.8 Å². The second-order valence-electron chi connectivity index (χ2n) is 4.59. The molecular weight excluding hydrogens is 285 g/mol. The zero-order chi connectivity index (χ0) is 15.9. The fourth-order valence-electron chi connectivity index (χ4n) is 1.60. The van der Waals surface area contributed by atoms with E-state index in [4.69, 9.17) is 9.47 Å². The van der Waals surface area contributed by atoms with Crippen LogP contribution in [0.25, 0.3) is 0 Å². The average Bonchev–Trinajstić information content (AvgIpc) is 2.41. The number of nitrogens with one attached hydrogen (secondary N) is 1. The minimum absolute atomic E-state index is 0.0596. The SMILES string of the molecule is CCCNc1cc(C(F)(F)F)cc(OC(C)COCC)n1. The van der Waals surface area contributed by atoms with Crippen molar-refractivity contribution in [2.45, 2.75) is 39.5 Å². The summed E-state index contributed by atoms with van der Waals surface area (Å²) in [5.41, 5.74) is -0.783. The molecule has 1 N–H and O–H groups in total. The van der Waals surface area contributed by atoms with Gasteiger partial charge in [0.1, 0.15) is 11.9 Å². The minimum atomic E-state index is -4.44. The van der Waals surface area contributed by atoms with Crippen LogP contribution in [-0.4, -0.2) is 30.8 Å². The molecule has 1 heterocycles. The van der Waals surface area contributed by atoms with Crippen LogP contribution in [0.3, 0.4) is 0 Å². The van der Waals surface area contributed by atoms with E-state index in [-0.39, 0.29) is 17.8 Å². The van der Waals surface area contributed by atoms with E-state index in [1.165, 1.54) is 0 Å². The fourth-order valence-corrected chi connectivity index (χ4v) is 1.60. The predicted molar refractivity (Wildman–Crippen MR) is 74.6 cm³/mol. The maximum atomic E-state index is 12.9. The lowest BCUT2D eigenvalue weighted by atomic mass is 10.2. The van der Waals surface area contributed by atoms with E-state index in [1.54, 1.807) is 6.92 Å². The lowest BCUT2D eigenvalue weighted by Crippen LogP contribution is -2.20. The average molecular weight is 306 g/mol. The Balaban J connectivity index is 2.90. The second kappa shape index (κ2) is 8.07. The summed E-state index contributed by atoms with van der Waals surface area (Å²) in [7, 11) is 0. The van der Waals surface area contributed by atoms with E-state index in [0.29, 0.717) is 19.8 Å². The Kier molecular flexibility index (Phi) is 6.74. The highest BCUT2D eigenvalue weighted by molar-refractivity contribution is 5.42. The van der Waals surface area contributed by atoms with Crippen molar-refractivity contribution in [3.63, 3.8) is 0 Å². The molecule has 0 radical (unpaired) electrons. The first kappa shape index (κ1) is 17.6. The van der Waals surface area contributed by atoms with Crippen molar-refractivity contribution in [3.05, 3.63) is 17.7 Å². The third-order valence-corrected chi connectivity index (χ3v) is 2.56. The van der Waals surface area contributed by atoms with Crippen molar-refractivity contribution in [3.8, 4) is 5.88 Å². The van der Waals surface area contributed by atoms with Crippen LogP contribution >= 0.6 is 0 Å². The highest BCUT2D eigenvalue weighted by Gasteiger charge is 2.32. The number of rotatable bonds is 8. The number of anilines is 1. The molecule has 0 spiro atoms. The first-order chi connectivity index (χ1) is 9.86. The number of alkyl halides is 3. The summed E-state index contributed by atoms with van der Waals surface area (Å²) in [6, 6.07) is 1.88. The molecule has 7 heteroatoms. The lowest BCUT2D eigenvalue weighted by molar-refractivity contribution is -0.137. The maximum Gasteiger partial charge on any atom is 0.416 e. The van der Waals surface area contributed by atoms with Gasteiger partial charge in [0.15, 0.2) is 0 Å². The summed E-state index contributed by atoms with van der Waals surface area (Å²) in [4.78, 5) is 4.04. The van der Waals surface area contributed by atoms with Crippen LogP contribution < -0.4 is 10.1 Å². The zero-order valence-electron chi connectivity index (χ0n) is 12.5. The van der Waals surface area contributed by atoms with E-state index in [1.807, 2.05) is 13.8 Å². The van der Waals surface area contributed by atoms with Crippen LogP contribution in [0.2, 0.25) is 0 Å². The van der Waals surface area contributed by atoms with Gasteiger partial charge in [-0.15, -0.1) is 0 Å². The second-order valence-corrected chi connectivity index (χ2v) is 4.59. The summed E-state index contributed by atoms with van der Waals surface area (Å²) >= 11 is 0. The van der Waals surface area contributed by atoms with Crippen LogP contribution in [0.15, 0.2) is 12.1 Å². The van der Waals surface area contributed by atoms with Gasteiger partial charge in [-0.25, -0.2) is 0 Å². The number of hydrogen-bond acceptors (Lipinski definition) is 4. The van der Waals surface area contributed by atoms with E-state index < -0.39 is 11.7 Å². The monoisotopic (exact) mass is 306 g/mol. The van der Waals surface area contributed by atoms with Gasteiger partial charge in [-0.1, -0.05) is 6.92 Å². The van der Waals surface area contributed by atoms with Crippen LogP contribution in [0, 0.1) is 0 Å². The summed E-state index contributed by atoms with van der Waals surface area (Å²) in [5.74, 6) is 0.0981. The van der Waals surface area contributed by atoms with Gasteiger partial charge in [0.25, 0.3) is 0 Å². The fraction of sp³-hybridized carbons (Fsp3) is 0.643. The Hall–Kier alpha value is -1.50. The predicted octanol–water partition coefficient (Wildman–Crippen LogP) is 3.73. The molecule has 0 saturated carbocycles. The van der Waals surface area contributed by atoms with Crippen LogP contribution in [0.5, 0.6) is 5.88 Å². The highest BCUT2D eigenvalue weighted by Crippen LogP contribution is 2.32. The van der Waals surface area contributed by atoms with Crippen molar-refractivity contribution in [1.29, 1.82) is 0 Å². The smallest absolute Gasteiger partial charge is 0.416 e. The number of hydrogen-bond donors (Lipinski definition) is 1. The van der Waals surface area contributed by atoms with Crippen molar-refractivity contribution in [2.24, 2.45) is 0 Å². The first-order valence-corrected chi connectivity index (χ1v) is 6.94. The van der Waals surface area contributed by atoms with Crippen molar-refractivity contribution >= 4 is 5.82 Å². The highest BCUT2D eigenvalue weighted by atomic mass is 19.4. The van der Waals surface area contributed by atoms with Gasteiger partial charge in [0, 0.05) is 19.2 Å². The Morgan fingerprint density at radius 3 is 2.57 bits per heavy atom. The molecule has 0 fully saturated rings. The molecule has 1 unspecified atom stereocenters. The van der Waals surface area contributed by atoms with Gasteiger partial charge in [0.05, 0.1) is 12.2 Å². The Labute approximate surface area is 122 Å². The third kappa shape index (κ3) is 6.20. The van der Waals surface area contributed by atoms with Gasteiger partial charge in [-0.05, 0) is 26.3 Å². The van der Waals surface area contributed by atoms with Crippen molar-refractivity contribution in [2.75, 3.05) is 25.1 Å². The number of pyridine rings is 1. The molecule has 1 atom stereocenters. The van der Waals surface area contributed by atoms with Crippen LogP contribution in [-0.2, 0) is 10.9 Å². The largest absolute Gasteiger partial charge is 0.472 e.